The second-order valence-corrected chi connectivity index (χ2v) is 9.15. The van der Waals surface area contributed by atoms with E-state index < -0.39 is 0 Å². The minimum Gasteiger partial charge on any atom is -0.285 e. The molecule has 1 aromatic carbocycles. The predicted octanol–water partition coefficient (Wildman–Crippen LogP) is 4.54. The summed E-state index contributed by atoms with van der Waals surface area (Å²) in [6.07, 6.45) is 6.59. The Bertz CT molecular complexity index is 515. The van der Waals surface area contributed by atoms with E-state index in [0.717, 1.165) is 6.54 Å². The highest BCUT2D eigenvalue weighted by atomic mass is 32.2. The van der Waals surface area contributed by atoms with Crippen LogP contribution in [0.5, 0.6) is 0 Å². The van der Waals surface area contributed by atoms with Crippen LogP contribution >= 0.6 is 23.5 Å². The third-order valence-corrected chi connectivity index (χ3v) is 8.09. The zero-order valence-corrected chi connectivity index (χ0v) is 14.0. The van der Waals surface area contributed by atoms with Gasteiger partial charge in [-0.1, -0.05) is 36.8 Å². The fourth-order valence-corrected chi connectivity index (χ4v) is 6.79. The maximum atomic E-state index is 5.09. The van der Waals surface area contributed by atoms with Crippen LogP contribution in [-0.2, 0) is 0 Å². The quantitative estimate of drug-likeness (QED) is 0.744. The molecule has 21 heavy (non-hydrogen) atoms. The highest BCUT2D eigenvalue weighted by Crippen LogP contribution is 2.50. The first kappa shape index (κ1) is 14.0. The lowest BCUT2D eigenvalue weighted by molar-refractivity contribution is 0.535. The van der Waals surface area contributed by atoms with E-state index >= 15 is 0 Å². The molecule has 2 aliphatic heterocycles. The highest BCUT2D eigenvalue weighted by Gasteiger charge is 2.43. The number of hydrogen-bond donors (Lipinski definition) is 0. The van der Waals surface area contributed by atoms with Crippen molar-refractivity contribution in [1.29, 1.82) is 0 Å². The molecule has 4 heteroatoms. The van der Waals surface area contributed by atoms with Gasteiger partial charge in [-0.15, -0.1) is 23.5 Å². The molecular formula is C17H22N2S2. The highest BCUT2D eigenvalue weighted by molar-refractivity contribution is 8.19. The molecule has 2 heterocycles. The van der Waals surface area contributed by atoms with Crippen molar-refractivity contribution in [2.45, 2.75) is 42.2 Å². The molecule has 112 valence electrons. The minimum absolute atomic E-state index is 0.320. The number of benzene rings is 1. The van der Waals surface area contributed by atoms with E-state index in [1.807, 2.05) is 0 Å². The molecule has 1 atom stereocenters. The molecule has 3 aliphatic rings. The van der Waals surface area contributed by atoms with Crippen LogP contribution < -0.4 is 0 Å². The van der Waals surface area contributed by atoms with Crippen LogP contribution in [0.1, 0.15) is 43.7 Å². The summed E-state index contributed by atoms with van der Waals surface area (Å²) >= 11 is 4.33. The minimum atomic E-state index is 0.320. The number of thioether (sulfide) groups is 2. The van der Waals surface area contributed by atoms with Crippen LogP contribution in [0.15, 0.2) is 35.4 Å². The van der Waals surface area contributed by atoms with Crippen LogP contribution in [-0.4, -0.2) is 32.9 Å². The average molecular weight is 319 g/mol. The third-order valence-electron chi connectivity index (χ3n) is 4.59. The van der Waals surface area contributed by atoms with Crippen molar-refractivity contribution < 1.29 is 0 Å². The number of hydrazone groups is 1. The molecule has 1 aliphatic carbocycles. The first-order valence-electron chi connectivity index (χ1n) is 8.05. The van der Waals surface area contributed by atoms with Gasteiger partial charge in [-0.05, 0) is 42.8 Å². The summed E-state index contributed by atoms with van der Waals surface area (Å²) in [6.45, 7) is 1.10. The topological polar surface area (TPSA) is 15.4 Å². The van der Waals surface area contributed by atoms with Crippen molar-refractivity contribution in [1.82, 2.24) is 5.01 Å². The van der Waals surface area contributed by atoms with Gasteiger partial charge < -0.3 is 0 Å². The lowest BCUT2D eigenvalue weighted by atomic mass is 9.97. The Balaban J connectivity index is 1.52. The number of rotatable bonds is 2. The maximum Gasteiger partial charge on any atom is 0.101 e. The van der Waals surface area contributed by atoms with E-state index in [-0.39, 0.29) is 0 Å². The van der Waals surface area contributed by atoms with Gasteiger partial charge in [-0.3, -0.25) is 5.01 Å². The fourth-order valence-electron chi connectivity index (χ4n) is 3.34. The SMILES string of the molecule is c1ccc(C2CN2/N=C2/CCCCC23SCCCS3)cc1. The van der Waals surface area contributed by atoms with Crippen LogP contribution in [0.3, 0.4) is 0 Å². The van der Waals surface area contributed by atoms with Gasteiger partial charge in [0.2, 0.25) is 0 Å². The predicted molar refractivity (Wildman–Crippen MR) is 94.1 cm³/mol. The van der Waals surface area contributed by atoms with Crippen molar-refractivity contribution >= 4 is 29.2 Å². The molecule has 0 radical (unpaired) electrons. The Hall–Kier alpha value is -0.610. The van der Waals surface area contributed by atoms with E-state index in [4.69, 9.17) is 5.10 Å². The molecule has 0 N–H and O–H groups in total. The maximum absolute atomic E-state index is 5.09. The average Bonchev–Trinajstić information content (AvgIpc) is 3.31. The van der Waals surface area contributed by atoms with Crippen LogP contribution in [0, 0.1) is 0 Å². The molecular weight excluding hydrogens is 296 g/mol. The summed E-state index contributed by atoms with van der Waals surface area (Å²) in [5, 5.41) is 7.39. The summed E-state index contributed by atoms with van der Waals surface area (Å²) in [6, 6.07) is 11.3. The number of hydrogen-bond acceptors (Lipinski definition) is 4. The van der Waals surface area contributed by atoms with Crippen molar-refractivity contribution in [3.05, 3.63) is 35.9 Å². The van der Waals surface area contributed by atoms with Crippen molar-refractivity contribution in [3.63, 3.8) is 0 Å². The molecule has 1 aromatic rings. The van der Waals surface area contributed by atoms with Gasteiger partial charge in [0.15, 0.2) is 0 Å². The summed E-state index contributed by atoms with van der Waals surface area (Å²) < 4.78 is 0.320. The van der Waals surface area contributed by atoms with Crippen LogP contribution in [0.25, 0.3) is 0 Å². The molecule has 4 rings (SSSR count). The van der Waals surface area contributed by atoms with Crippen LogP contribution in [0.2, 0.25) is 0 Å². The molecule has 2 saturated heterocycles. The van der Waals surface area contributed by atoms with E-state index in [1.165, 1.54) is 54.9 Å². The van der Waals surface area contributed by atoms with Gasteiger partial charge in [0.25, 0.3) is 0 Å². The Labute approximate surface area is 135 Å². The Morgan fingerprint density at radius 3 is 2.67 bits per heavy atom. The van der Waals surface area contributed by atoms with Gasteiger partial charge in [0, 0.05) is 0 Å². The van der Waals surface area contributed by atoms with Gasteiger partial charge in [0.05, 0.1) is 18.3 Å². The van der Waals surface area contributed by atoms with Gasteiger partial charge in [-0.25, -0.2) is 0 Å². The fraction of sp³-hybridized carbons (Fsp3) is 0.588. The van der Waals surface area contributed by atoms with E-state index in [2.05, 4.69) is 58.9 Å². The Morgan fingerprint density at radius 1 is 1.05 bits per heavy atom. The summed E-state index contributed by atoms with van der Waals surface area (Å²) in [5.41, 5.74) is 2.89. The molecule has 1 saturated carbocycles. The van der Waals surface area contributed by atoms with Crippen LogP contribution in [0.4, 0.5) is 0 Å². The molecule has 0 aromatic heterocycles. The second-order valence-electron chi connectivity index (χ2n) is 6.11. The first-order valence-corrected chi connectivity index (χ1v) is 10.0. The lowest BCUT2D eigenvalue weighted by Gasteiger charge is -2.40. The number of nitrogens with zero attached hydrogens (tertiary/aromatic N) is 2. The second kappa shape index (κ2) is 5.88. The third kappa shape index (κ3) is 2.85. The lowest BCUT2D eigenvalue weighted by Crippen LogP contribution is -2.38. The molecule has 3 fully saturated rings. The molecule has 0 bridgehead atoms. The smallest absolute Gasteiger partial charge is 0.101 e. The molecule has 1 unspecified atom stereocenters. The van der Waals surface area contributed by atoms with Gasteiger partial charge in [0.1, 0.15) is 4.08 Å². The zero-order valence-electron chi connectivity index (χ0n) is 12.3. The summed E-state index contributed by atoms with van der Waals surface area (Å²) in [4.78, 5) is 0. The molecule has 0 amide bonds. The zero-order chi connectivity index (χ0) is 14.1. The normalized spacial score (nSPS) is 29.8. The first-order chi connectivity index (χ1) is 10.4. The largest absolute Gasteiger partial charge is 0.285 e. The standard InChI is InChI=1S/C17H22N2S2/c1-2-7-14(8-3-1)15-13-19(15)18-16-9-4-5-10-17(16)20-11-6-12-21-17/h1-3,7-8,15H,4-6,9-13H2/b18-16-. The van der Waals surface area contributed by atoms with Gasteiger partial charge >= 0.3 is 0 Å². The van der Waals surface area contributed by atoms with E-state index in [0.29, 0.717) is 10.1 Å². The Kier molecular flexibility index (Phi) is 3.92. The van der Waals surface area contributed by atoms with Crippen molar-refractivity contribution in [3.8, 4) is 0 Å². The van der Waals surface area contributed by atoms with Crippen molar-refractivity contribution in [2.24, 2.45) is 5.10 Å². The monoisotopic (exact) mass is 318 g/mol. The summed E-state index contributed by atoms with van der Waals surface area (Å²) in [5.74, 6) is 2.63. The summed E-state index contributed by atoms with van der Waals surface area (Å²) in [7, 11) is 0. The van der Waals surface area contributed by atoms with E-state index in [1.54, 1.807) is 0 Å². The van der Waals surface area contributed by atoms with Crippen molar-refractivity contribution in [2.75, 3.05) is 18.1 Å². The Morgan fingerprint density at radius 2 is 1.86 bits per heavy atom. The molecule has 2 nitrogen and oxygen atoms in total. The van der Waals surface area contributed by atoms with Gasteiger partial charge in [-0.2, -0.15) is 5.10 Å². The molecule has 1 spiro atoms. The van der Waals surface area contributed by atoms with E-state index in [9.17, 15) is 0 Å².